The van der Waals surface area contributed by atoms with E-state index in [4.69, 9.17) is 0 Å². The summed E-state index contributed by atoms with van der Waals surface area (Å²) in [6, 6.07) is 20.9. The number of unbranched alkanes of at least 4 members (excludes halogenated alkanes) is 1. The normalized spacial score (nSPS) is 12.4. The van der Waals surface area contributed by atoms with Gasteiger partial charge in [0.25, 0.3) is 20.0 Å². The second kappa shape index (κ2) is 9.29. The molecule has 0 aliphatic rings. The summed E-state index contributed by atoms with van der Waals surface area (Å²) in [5.74, 6) is 0. The van der Waals surface area contributed by atoms with Crippen LogP contribution in [-0.4, -0.2) is 39.9 Å². The number of benzene rings is 2. The van der Waals surface area contributed by atoms with E-state index in [0.717, 1.165) is 10.8 Å². The molecule has 0 unspecified atom stereocenters. The lowest BCUT2D eigenvalue weighted by atomic mass is 10.2. The minimum absolute atomic E-state index is 0.0423. The first-order valence-electron chi connectivity index (χ1n) is 10.1. The van der Waals surface area contributed by atoms with Crippen molar-refractivity contribution in [3.05, 3.63) is 72.8 Å². The Morgan fingerprint density at radius 3 is 1.41 bits per heavy atom. The number of hydrogen-bond acceptors (Lipinski definition) is 6. The highest BCUT2D eigenvalue weighted by atomic mass is 32.2. The summed E-state index contributed by atoms with van der Waals surface area (Å²) in [5, 5.41) is 1.64. The smallest absolute Gasteiger partial charge is 0.235 e. The third-order valence-corrected chi connectivity index (χ3v) is 7.61. The molecule has 0 saturated heterocycles. The Bertz CT molecular complexity index is 1360. The van der Waals surface area contributed by atoms with Crippen molar-refractivity contribution in [2.75, 3.05) is 13.1 Å². The van der Waals surface area contributed by atoms with Gasteiger partial charge >= 0.3 is 0 Å². The second-order valence-corrected chi connectivity index (χ2v) is 10.6. The molecule has 10 heteroatoms. The Balaban J connectivity index is 1.28. The molecule has 0 atom stereocenters. The molecule has 2 heterocycles. The number of sulfonamides is 2. The van der Waals surface area contributed by atoms with Gasteiger partial charge in [0.1, 0.15) is 0 Å². The molecule has 0 saturated carbocycles. The zero-order valence-corrected chi connectivity index (χ0v) is 18.7. The number of para-hydroxylation sites is 2. The third kappa shape index (κ3) is 5.10. The summed E-state index contributed by atoms with van der Waals surface area (Å²) < 4.78 is 54.9. The van der Waals surface area contributed by atoms with Gasteiger partial charge in [0.05, 0.1) is 11.0 Å². The molecule has 2 N–H and O–H groups in total. The van der Waals surface area contributed by atoms with E-state index in [2.05, 4.69) is 19.4 Å². The minimum Gasteiger partial charge on any atom is -0.235 e. The fraction of sp³-hybridized carbons (Fsp3) is 0.182. The van der Waals surface area contributed by atoms with Crippen LogP contribution in [0.15, 0.2) is 82.8 Å². The molecule has 0 bridgehead atoms. The number of nitrogens with one attached hydrogen (secondary N) is 2. The summed E-state index contributed by atoms with van der Waals surface area (Å²) in [4.78, 5) is 8.40. The number of nitrogens with zero attached hydrogens (tertiary/aromatic N) is 2. The lowest BCUT2D eigenvalue weighted by Gasteiger charge is -2.08. The van der Waals surface area contributed by atoms with Gasteiger partial charge in [0.2, 0.25) is 0 Å². The molecule has 0 spiro atoms. The van der Waals surface area contributed by atoms with Crippen LogP contribution in [0.5, 0.6) is 0 Å². The van der Waals surface area contributed by atoms with Crippen LogP contribution in [0, 0.1) is 0 Å². The van der Waals surface area contributed by atoms with Crippen molar-refractivity contribution >= 4 is 41.9 Å². The van der Waals surface area contributed by atoms with Gasteiger partial charge in [0.15, 0.2) is 10.1 Å². The second-order valence-electron chi connectivity index (χ2n) is 7.19. The maximum Gasteiger partial charge on any atom is 0.258 e. The fourth-order valence-electron chi connectivity index (χ4n) is 3.20. The van der Waals surface area contributed by atoms with E-state index in [-0.39, 0.29) is 23.1 Å². The summed E-state index contributed by atoms with van der Waals surface area (Å²) in [6.45, 7) is 0.347. The van der Waals surface area contributed by atoms with Crippen molar-refractivity contribution in [1.82, 2.24) is 19.4 Å². The zero-order chi connectivity index (χ0) is 22.6. The van der Waals surface area contributed by atoms with Crippen molar-refractivity contribution in [3.8, 4) is 0 Å². The van der Waals surface area contributed by atoms with E-state index in [0.29, 0.717) is 23.9 Å². The standard InChI is InChI=1S/C22H22N4O4S2/c27-31(28,21-13-11-17-7-1-3-9-19(17)25-21)23-15-5-6-16-24-32(29,30)22-14-12-18-8-2-4-10-20(18)26-22/h1-4,7-14,23-24H,5-6,15-16H2. The van der Waals surface area contributed by atoms with Crippen molar-refractivity contribution in [2.24, 2.45) is 0 Å². The summed E-state index contributed by atoms with van der Waals surface area (Å²) in [7, 11) is -7.48. The average Bonchev–Trinajstić information content (AvgIpc) is 2.80. The number of pyridine rings is 2. The fourth-order valence-corrected chi connectivity index (χ4v) is 5.26. The van der Waals surface area contributed by atoms with Crippen LogP contribution < -0.4 is 9.44 Å². The van der Waals surface area contributed by atoms with Gasteiger partial charge < -0.3 is 0 Å². The molecule has 0 radical (unpaired) electrons. The Kier molecular flexibility index (Phi) is 6.47. The number of aromatic nitrogens is 2. The maximum atomic E-state index is 12.5. The molecule has 8 nitrogen and oxygen atoms in total. The number of fused-ring (bicyclic) bond motifs is 2. The Hall–Kier alpha value is -2.92. The Labute approximate surface area is 186 Å². The van der Waals surface area contributed by atoms with E-state index in [9.17, 15) is 16.8 Å². The quantitative estimate of drug-likeness (QED) is 0.363. The Morgan fingerprint density at radius 1 is 0.562 bits per heavy atom. The highest BCUT2D eigenvalue weighted by molar-refractivity contribution is 7.89. The van der Waals surface area contributed by atoms with E-state index < -0.39 is 20.0 Å². The first-order valence-corrected chi connectivity index (χ1v) is 13.0. The molecular weight excluding hydrogens is 448 g/mol. The van der Waals surface area contributed by atoms with Crippen LogP contribution in [0.2, 0.25) is 0 Å². The van der Waals surface area contributed by atoms with Gasteiger partial charge in [-0.1, -0.05) is 36.4 Å². The molecule has 32 heavy (non-hydrogen) atoms. The van der Waals surface area contributed by atoms with Crippen LogP contribution in [0.3, 0.4) is 0 Å². The van der Waals surface area contributed by atoms with Crippen molar-refractivity contribution < 1.29 is 16.8 Å². The van der Waals surface area contributed by atoms with Crippen LogP contribution in [0.4, 0.5) is 0 Å². The third-order valence-electron chi connectivity index (χ3n) is 4.88. The van der Waals surface area contributed by atoms with Crippen LogP contribution in [0.1, 0.15) is 12.8 Å². The van der Waals surface area contributed by atoms with E-state index in [1.807, 2.05) is 24.3 Å². The molecule has 0 aliphatic heterocycles. The summed E-state index contributed by atoms with van der Waals surface area (Å²) in [6.07, 6.45) is 0.918. The molecule has 0 amide bonds. The average molecular weight is 471 g/mol. The van der Waals surface area contributed by atoms with Crippen molar-refractivity contribution in [1.29, 1.82) is 0 Å². The first kappa shape index (κ1) is 22.3. The lowest BCUT2D eigenvalue weighted by Crippen LogP contribution is -2.28. The zero-order valence-electron chi connectivity index (χ0n) is 17.1. The monoisotopic (exact) mass is 470 g/mol. The number of rotatable bonds is 9. The van der Waals surface area contributed by atoms with Gasteiger partial charge in [-0.25, -0.2) is 36.2 Å². The van der Waals surface area contributed by atoms with Crippen LogP contribution in [0.25, 0.3) is 21.8 Å². The van der Waals surface area contributed by atoms with E-state index >= 15 is 0 Å². The molecule has 166 valence electrons. The molecule has 2 aromatic heterocycles. The van der Waals surface area contributed by atoms with Crippen LogP contribution in [-0.2, 0) is 20.0 Å². The van der Waals surface area contributed by atoms with Gasteiger partial charge in [-0.15, -0.1) is 0 Å². The molecular formula is C22H22N4O4S2. The van der Waals surface area contributed by atoms with E-state index in [1.54, 1.807) is 36.4 Å². The van der Waals surface area contributed by atoms with Crippen molar-refractivity contribution in [3.63, 3.8) is 0 Å². The lowest BCUT2D eigenvalue weighted by molar-refractivity contribution is 0.564. The topological polar surface area (TPSA) is 118 Å². The van der Waals surface area contributed by atoms with Gasteiger partial charge in [0, 0.05) is 23.9 Å². The van der Waals surface area contributed by atoms with Crippen molar-refractivity contribution in [2.45, 2.75) is 22.9 Å². The van der Waals surface area contributed by atoms with E-state index in [1.165, 1.54) is 12.1 Å². The highest BCUT2D eigenvalue weighted by Gasteiger charge is 2.17. The SMILES string of the molecule is O=S(=O)(NCCCCNS(=O)(=O)c1ccc2ccccc2n1)c1ccc2ccccc2n1. The predicted octanol–water partition coefficient (Wildman–Crippen LogP) is 2.82. The first-order chi connectivity index (χ1) is 15.4. The molecule has 4 aromatic rings. The maximum absolute atomic E-state index is 12.5. The minimum atomic E-state index is -3.74. The molecule has 4 rings (SSSR count). The predicted molar refractivity (Wildman–Crippen MR) is 123 cm³/mol. The molecule has 2 aromatic carbocycles. The summed E-state index contributed by atoms with van der Waals surface area (Å²) in [5.41, 5.74) is 1.21. The van der Waals surface area contributed by atoms with Gasteiger partial charge in [-0.2, -0.15) is 0 Å². The van der Waals surface area contributed by atoms with Crippen LogP contribution >= 0.6 is 0 Å². The summed E-state index contributed by atoms with van der Waals surface area (Å²) >= 11 is 0. The molecule has 0 aliphatic carbocycles. The van der Waals surface area contributed by atoms with Gasteiger partial charge in [-0.3, -0.25) is 0 Å². The van der Waals surface area contributed by atoms with Gasteiger partial charge in [-0.05, 0) is 49.2 Å². The highest BCUT2D eigenvalue weighted by Crippen LogP contribution is 2.16. The number of hydrogen-bond donors (Lipinski definition) is 2. The largest absolute Gasteiger partial charge is 0.258 e. The molecule has 0 fully saturated rings. The Morgan fingerprint density at radius 2 is 0.969 bits per heavy atom.